The molecular weight excluding hydrogens is 318 g/mol. The molecule has 4 nitrogen and oxygen atoms in total. The van der Waals surface area contributed by atoms with Gasteiger partial charge in [0.1, 0.15) is 0 Å². The summed E-state index contributed by atoms with van der Waals surface area (Å²) >= 11 is 3.39. The number of rotatable bonds is 4. The zero-order valence-corrected chi connectivity index (χ0v) is 12.8. The summed E-state index contributed by atoms with van der Waals surface area (Å²) in [6, 6.07) is 11.5. The highest BCUT2D eigenvalue weighted by molar-refractivity contribution is 9.10. The van der Waals surface area contributed by atoms with Gasteiger partial charge < -0.3 is 10.6 Å². The number of amides is 2. The fourth-order valence-corrected chi connectivity index (χ4v) is 1.95. The number of nitrogens with one attached hydrogen (secondary N) is 2. The number of carbonyl (C=O) groups excluding carboxylic acids is 1. The van der Waals surface area contributed by atoms with Crippen molar-refractivity contribution in [1.29, 1.82) is 0 Å². The fourth-order valence-electron chi connectivity index (χ4n) is 1.69. The Morgan fingerprint density at radius 1 is 1.20 bits per heavy atom. The largest absolute Gasteiger partial charge is 0.338 e. The number of nitrogens with zero attached hydrogens (tertiary/aromatic N) is 1. The molecule has 20 heavy (non-hydrogen) atoms. The Bertz CT molecular complexity index is 567. The minimum absolute atomic E-state index is 0.215. The summed E-state index contributed by atoms with van der Waals surface area (Å²) in [5.41, 5.74) is 2.80. The molecule has 0 unspecified atom stereocenters. The Balaban J connectivity index is 1.75. The van der Waals surface area contributed by atoms with E-state index in [9.17, 15) is 4.79 Å². The molecule has 0 spiro atoms. The predicted molar refractivity (Wildman–Crippen MR) is 83.8 cm³/mol. The number of aromatic nitrogens is 1. The molecule has 0 aliphatic carbocycles. The van der Waals surface area contributed by atoms with Gasteiger partial charge in [-0.2, -0.15) is 0 Å². The van der Waals surface area contributed by atoms with Crippen LogP contribution in [0.25, 0.3) is 0 Å². The minimum Gasteiger partial charge on any atom is -0.338 e. The Labute approximate surface area is 126 Å². The van der Waals surface area contributed by atoms with Crippen LogP contribution in [0.2, 0.25) is 0 Å². The highest BCUT2D eigenvalue weighted by atomic mass is 79.9. The van der Waals surface area contributed by atoms with Crippen molar-refractivity contribution in [2.45, 2.75) is 13.3 Å². The number of pyridine rings is 1. The van der Waals surface area contributed by atoms with Gasteiger partial charge in [0.05, 0.1) is 11.9 Å². The van der Waals surface area contributed by atoms with Gasteiger partial charge in [-0.15, -0.1) is 0 Å². The van der Waals surface area contributed by atoms with Crippen molar-refractivity contribution in [1.82, 2.24) is 10.3 Å². The second-order valence-electron chi connectivity index (χ2n) is 4.45. The summed E-state index contributed by atoms with van der Waals surface area (Å²) in [5, 5.41) is 5.56. The van der Waals surface area contributed by atoms with E-state index >= 15 is 0 Å². The molecule has 0 radical (unpaired) electrons. The van der Waals surface area contributed by atoms with Gasteiger partial charge in [-0.25, -0.2) is 4.79 Å². The van der Waals surface area contributed by atoms with Gasteiger partial charge >= 0.3 is 6.03 Å². The molecule has 2 aromatic rings. The van der Waals surface area contributed by atoms with Gasteiger partial charge in [-0.3, -0.25) is 4.98 Å². The van der Waals surface area contributed by atoms with Crippen LogP contribution in [0.4, 0.5) is 10.5 Å². The van der Waals surface area contributed by atoms with E-state index in [-0.39, 0.29) is 6.03 Å². The molecule has 2 amide bonds. The Morgan fingerprint density at radius 3 is 2.60 bits per heavy atom. The quantitative estimate of drug-likeness (QED) is 0.899. The number of urea groups is 1. The van der Waals surface area contributed by atoms with Crippen LogP contribution in [0.1, 0.15) is 11.3 Å². The number of anilines is 1. The summed E-state index contributed by atoms with van der Waals surface area (Å²) in [5.74, 6) is 0. The fraction of sp³-hybridized carbons (Fsp3) is 0.200. The number of aryl methyl sites for hydroxylation is 1. The lowest BCUT2D eigenvalue weighted by molar-refractivity contribution is 0.252. The summed E-state index contributed by atoms with van der Waals surface area (Å²) in [6.45, 7) is 2.49. The van der Waals surface area contributed by atoms with Crippen molar-refractivity contribution in [3.05, 3.63) is 58.3 Å². The van der Waals surface area contributed by atoms with Gasteiger partial charge in [0.25, 0.3) is 0 Å². The maximum Gasteiger partial charge on any atom is 0.319 e. The van der Waals surface area contributed by atoms with Crippen LogP contribution in [0, 0.1) is 6.92 Å². The summed E-state index contributed by atoms with van der Waals surface area (Å²) in [7, 11) is 0. The third kappa shape index (κ3) is 4.66. The molecule has 0 atom stereocenters. The number of hydrogen-bond donors (Lipinski definition) is 2. The molecule has 1 aromatic heterocycles. The maximum absolute atomic E-state index is 11.7. The van der Waals surface area contributed by atoms with Crippen LogP contribution >= 0.6 is 15.9 Å². The third-order valence-electron chi connectivity index (χ3n) is 2.78. The van der Waals surface area contributed by atoms with E-state index in [2.05, 4.69) is 31.5 Å². The first kappa shape index (κ1) is 14.5. The van der Waals surface area contributed by atoms with Gasteiger partial charge in [0.15, 0.2) is 0 Å². The van der Waals surface area contributed by atoms with Crippen LogP contribution in [-0.4, -0.2) is 17.6 Å². The first-order valence-electron chi connectivity index (χ1n) is 6.35. The van der Waals surface area contributed by atoms with E-state index in [0.717, 1.165) is 16.6 Å². The minimum atomic E-state index is -0.215. The van der Waals surface area contributed by atoms with Crippen molar-refractivity contribution < 1.29 is 4.79 Å². The molecule has 0 saturated heterocycles. The maximum atomic E-state index is 11.7. The summed E-state index contributed by atoms with van der Waals surface area (Å²) in [4.78, 5) is 15.8. The summed E-state index contributed by atoms with van der Waals surface area (Å²) in [6.07, 6.45) is 2.44. The average molecular weight is 334 g/mol. The first-order chi connectivity index (χ1) is 9.63. The van der Waals surface area contributed by atoms with Crippen molar-refractivity contribution in [2.75, 3.05) is 11.9 Å². The lowest BCUT2D eigenvalue weighted by Crippen LogP contribution is -2.30. The van der Waals surface area contributed by atoms with Gasteiger partial charge in [0, 0.05) is 16.7 Å². The predicted octanol–water partition coefficient (Wildman–Crippen LogP) is 3.52. The topological polar surface area (TPSA) is 54.0 Å². The van der Waals surface area contributed by atoms with Crippen LogP contribution in [-0.2, 0) is 6.42 Å². The molecule has 2 rings (SSSR count). The normalized spacial score (nSPS) is 10.1. The second-order valence-corrected chi connectivity index (χ2v) is 5.36. The van der Waals surface area contributed by atoms with Crippen molar-refractivity contribution in [3.8, 4) is 0 Å². The van der Waals surface area contributed by atoms with E-state index < -0.39 is 0 Å². The molecule has 0 aliphatic heterocycles. The van der Waals surface area contributed by atoms with Crippen LogP contribution < -0.4 is 10.6 Å². The first-order valence-corrected chi connectivity index (χ1v) is 7.15. The highest BCUT2D eigenvalue weighted by Gasteiger charge is 2.01. The number of carbonyl (C=O) groups is 1. The van der Waals surface area contributed by atoms with Gasteiger partial charge in [-0.1, -0.05) is 28.1 Å². The smallest absolute Gasteiger partial charge is 0.319 e. The highest BCUT2D eigenvalue weighted by Crippen LogP contribution is 2.10. The number of halogens is 1. The van der Waals surface area contributed by atoms with E-state index in [4.69, 9.17) is 0 Å². The monoisotopic (exact) mass is 333 g/mol. The Morgan fingerprint density at radius 2 is 1.95 bits per heavy atom. The molecule has 0 saturated carbocycles. The van der Waals surface area contributed by atoms with Gasteiger partial charge in [0.2, 0.25) is 0 Å². The zero-order valence-electron chi connectivity index (χ0n) is 11.2. The number of hydrogen-bond acceptors (Lipinski definition) is 2. The Hall–Kier alpha value is -1.88. The summed E-state index contributed by atoms with van der Waals surface area (Å²) < 4.78 is 1.05. The molecule has 0 fully saturated rings. The van der Waals surface area contributed by atoms with Crippen LogP contribution in [0.5, 0.6) is 0 Å². The van der Waals surface area contributed by atoms with E-state index in [0.29, 0.717) is 12.2 Å². The SMILES string of the molecule is Cc1ccc(NC(=O)NCCc2ccc(Br)cc2)cn1. The zero-order chi connectivity index (χ0) is 14.4. The molecule has 1 heterocycles. The average Bonchev–Trinajstić information content (AvgIpc) is 2.44. The van der Waals surface area contributed by atoms with E-state index in [1.807, 2.05) is 43.3 Å². The van der Waals surface area contributed by atoms with Crippen LogP contribution in [0.3, 0.4) is 0 Å². The molecule has 104 valence electrons. The second kappa shape index (κ2) is 7.05. The third-order valence-corrected chi connectivity index (χ3v) is 3.31. The molecule has 0 bridgehead atoms. The standard InChI is InChI=1S/C15H16BrN3O/c1-11-2-7-14(10-18-11)19-15(20)17-9-8-12-3-5-13(16)6-4-12/h2-7,10H,8-9H2,1H3,(H2,17,19,20). The van der Waals surface area contributed by atoms with E-state index in [1.165, 1.54) is 5.56 Å². The van der Waals surface area contributed by atoms with Crippen molar-refractivity contribution >= 4 is 27.6 Å². The lowest BCUT2D eigenvalue weighted by atomic mass is 10.1. The van der Waals surface area contributed by atoms with Crippen molar-refractivity contribution in [3.63, 3.8) is 0 Å². The van der Waals surface area contributed by atoms with Crippen LogP contribution in [0.15, 0.2) is 47.1 Å². The molecule has 1 aromatic carbocycles. The molecule has 2 N–H and O–H groups in total. The molecule has 5 heteroatoms. The lowest BCUT2D eigenvalue weighted by Gasteiger charge is -2.07. The Kier molecular flexibility index (Phi) is 5.12. The molecular formula is C15H16BrN3O. The molecule has 0 aliphatic rings. The number of benzene rings is 1. The van der Waals surface area contributed by atoms with Gasteiger partial charge in [-0.05, 0) is 43.2 Å². The van der Waals surface area contributed by atoms with E-state index in [1.54, 1.807) is 6.20 Å². The van der Waals surface area contributed by atoms with Crippen molar-refractivity contribution in [2.24, 2.45) is 0 Å².